The number of nitrogens with one attached hydrogen (secondary N) is 1. The van der Waals surface area contributed by atoms with Crippen LogP contribution >= 0.6 is 0 Å². The van der Waals surface area contributed by atoms with Crippen molar-refractivity contribution >= 4 is 5.91 Å². The van der Waals surface area contributed by atoms with Crippen LogP contribution in [0.4, 0.5) is 0 Å². The second-order valence-electron chi connectivity index (χ2n) is 4.68. The molecular formula is C13H28N2O. The number of hydrogen-bond donors (Lipinski definition) is 2. The lowest BCUT2D eigenvalue weighted by atomic mass is 9.98. The van der Waals surface area contributed by atoms with Crippen molar-refractivity contribution in [3.8, 4) is 0 Å². The lowest BCUT2D eigenvalue weighted by Gasteiger charge is -2.17. The fourth-order valence-corrected chi connectivity index (χ4v) is 1.78. The van der Waals surface area contributed by atoms with Crippen LogP contribution in [0, 0.1) is 11.8 Å². The van der Waals surface area contributed by atoms with E-state index in [1.165, 1.54) is 0 Å². The second-order valence-corrected chi connectivity index (χ2v) is 4.68. The number of rotatable bonds is 9. The van der Waals surface area contributed by atoms with Gasteiger partial charge in [0, 0.05) is 12.5 Å². The van der Waals surface area contributed by atoms with Crippen molar-refractivity contribution in [2.75, 3.05) is 13.1 Å². The van der Waals surface area contributed by atoms with Crippen LogP contribution in [0.25, 0.3) is 0 Å². The van der Waals surface area contributed by atoms with Crippen LogP contribution in [-0.4, -0.2) is 19.0 Å². The van der Waals surface area contributed by atoms with Crippen LogP contribution < -0.4 is 11.1 Å². The smallest absolute Gasteiger partial charge is 0.223 e. The van der Waals surface area contributed by atoms with Crippen molar-refractivity contribution in [1.29, 1.82) is 0 Å². The highest BCUT2D eigenvalue weighted by atomic mass is 16.1. The Bertz CT molecular complexity index is 183. The number of carbonyl (C=O) groups excluding carboxylic acids is 1. The molecule has 96 valence electrons. The van der Waals surface area contributed by atoms with Crippen molar-refractivity contribution in [3.63, 3.8) is 0 Å². The minimum atomic E-state index is 0.199. The van der Waals surface area contributed by atoms with E-state index >= 15 is 0 Å². The summed E-state index contributed by atoms with van der Waals surface area (Å²) in [5.41, 5.74) is 5.47. The number of hydrogen-bond acceptors (Lipinski definition) is 2. The average molecular weight is 228 g/mol. The molecule has 3 N–H and O–H groups in total. The molecule has 0 spiro atoms. The maximum atomic E-state index is 11.8. The number of unbranched alkanes of at least 4 members (excludes halogenated alkanes) is 1. The highest BCUT2D eigenvalue weighted by Crippen LogP contribution is 2.12. The minimum Gasteiger partial charge on any atom is -0.356 e. The Hall–Kier alpha value is -0.570. The molecular weight excluding hydrogens is 200 g/mol. The van der Waals surface area contributed by atoms with Crippen LogP contribution in [-0.2, 0) is 4.79 Å². The SMILES string of the molecule is CCCCC(CC)C(=O)NCC(C)CCN. The Morgan fingerprint density at radius 1 is 1.31 bits per heavy atom. The van der Waals surface area contributed by atoms with Gasteiger partial charge in [0.15, 0.2) is 0 Å². The predicted molar refractivity (Wildman–Crippen MR) is 69.2 cm³/mol. The van der Waals surface area contributed by atoms with Gasteiger partial charge in [0.2, 0.25) is 5.91 Å². The summed E-state index contributed by atoms with van der Waals surface area (Å²) in [4.78, 5) is 11.8. The van der Waals surface area contributed by atoms with Gasteiger partial charge in [-0.25, -0.2) is 0 Å². The van der Waals surface area contributed by atoms with Gasteiger partial charge >= 0.3 is 0 Å². The first-order valence-corrected chi connectivity index (χ1v) is 6.63. The third-order valence-corrected chi connectivity index (χ3v) is 3.05. The van der Waals surface area contributed by atoms with E-state index in [0.29, 0.717) is 12.5 Å². The molecule has 3 nitrogen and oxygen atoms in total. The molecule has 3 heteroatoms. The molecule has 0 saturated carbocycles. The summed E-state index contributed by atoms with van der Waals surface area (Å²) in [6.07, 6.45) is 5.24. The molecule has 0 aromatic heterocycles. The Labute approximate surface area is 100 Å². The fourth-order valence-electron chi connectivity index (χ4n) is 1.78. The van der Waals surface area contributed by atoms with Crippen molar-refractivity contribution in [3.05, 3.63) is 0 Å². The van der Waals surface area contributed by atoms with E-state index in [4.69, 9.17) is 5.73 Å². The monoisotopic (exact) mass is 228 g/mol. The molecule has 0 aromatic carbocycles. The van der Waals surface area contributed by atoms with Crippen molar-refractivity contribution in [2.45, 2.75) is 52.9 Å². The predicted octanol–water partition coefficient (Wildman–Crippen LogP) is 2.30. The lowest BCUT2D eigenvalue weighted by Crippen LogP contribution is -2.34. The molecule has 0 saturated heterocycles. The highest BCUT2D eigenvalue weighted by Gasteiger charge is 2.15. The molecule has 1 amide bonds. The first kappa shape index (κ1) is 15.4. The Morgan fingerprint density at radius 3 is 2.50 bits per heavy atom. The molecule has 0 aromatic rings. The summed E-state index contributed by atoms with van der Waals surface area (Å²) in [6, 6.07) is 0. The third-order valence-electron chi connectivity index (χ3n) is 3.05. The lowest BCUT2D eigenvalue weighted by molar-refractivity contribution is -0.125. The molecule has 0 rings (SSSR count). The summed E-state index contributed by atoms with van der Waals surface area (Å²) in [6.45, 7) is 7.83. The zero-order chi connectivity index (χ0) is 12.4. The van der Waals surface area contributed by atoms with E-state index in [-0.39, 0.29) is 11.8 Å². The molecule has 0 bridgehead atoms. The van der Waals surface area contributed by atoms with Gasteiger partial charge in [-0.3, -0.25) is 4.79 Å². The maximum Gasteiger partial charge on any atom is 0.223 e. The van der Waals surface area contributed by atoms with Crippen molar-refractivity contribution < 1.29 is 4.79 Å². The molecule has 0 heterocycles. The fraction of sp³-hybridized carbons (Fsp3) is 0.923. The zero-order valence-electron chi connectivity index (χ0n) is 11.1. The van der Waals surface area contributed by atoms with Crippen LogP contribution in [0.2, 0.25) is 0 Å². The number of carbonyl (C=O) groups is 1. The molecule has 2 unspecified atom stereocenters. The molecule has 2 atom stereocenters. The van der Waals surface area contributed by atoms with Crippen LogP contribution in [0.3, 0.4) is 0 Å². The Balaban J connectivity index is 3.82. The highest BCUT2D eigenvalue weighted by molar-refractivity contribution is 5.78. The van der Waals surface area contributed by atoms with Gasteiger partial charge in [0.05, 0.1) is 0 Å². The van der Waals surface area contributed by atoms with E-state index in [9.17, 15) is 4.79 Å². The molecule has 0 aliphatic rings. The topological polar surface area (TPSA) is 55.1 Å². The zero-order valence-corrected chi connectivity index (χ0v) is 11.1. The van der Waals surface area contributed by atoms with Gasteiger partial charge in [-0.15, -0.1) is 0 Å². The van der Waals surface area contributed by atoms with Gasteiger partial charge in [-0.1, -0.05) is 33.6 Å². The quantitative estimate of drug-likeness (QED) is 0.636. The first-order valence-electron chi connectivity index (χ1n) is 6.63. The first-order chi connectivity index (χ1) is 7.65. The normalized spacial score (nSPS) is 14.5. The van der Waals surface area contributed by atoms with Crippen LogP contribution in [0.15, 0.2) is 0 Å². The van der Waals surface area contributed by atoms with E-state index in [1.54, 1.807) is 0 Å². The summed E-state index contributed by atoms with van der Waals surface area (Å²) in [5.74, 6) is 0.905. The summed E-state index contributed by atoms with van der Waals surface area (Å²) in [7, 11) is 0. The molecule has 0 fully saturated rings. The number of nitrogens with two attached hydrogens (primary N) is 1. The van der Waals surface area contributed by atoms with E-state index in [0.717, 1.165) is 38.6 Å². The summed E-state index contributed by atoms with van der Waals surface area (Å²) in [5, 5.41) is 3.03. The molecule has 16 heavy (non-hydrogen) atoms. The Morgan fingerprint density at radius 2 is 2.00 bits per heavy atom. The third kappa shape index (κ3) is 6.83. The summed E-state index contributed by atoms with van der Waals surface area (Å²) >= 11 is 0. The second kappa shape index (κ2) is 9.64. The van der Waals surface area contributed by atoms with Crippen molar-refractivity contribution in [2.24, 2.45) is 17.6 Å². The van der Waals surface area contributed by atoms with Gasteiger partial charge in [-0.05, 0) is 31.7 Å². The van der Waals surface area contributed by atoms with Gasteiger partial charge in [0.25, 0.3) is 0 Å². The summed E-state index contributed by atoms with van der Waals surface area (Å²) < 4.78 is 0. The van der Waals surface area contributed by atoms with E-state index in [1.807, 2.05) is 0 Å². The molecule has 0 aliphatic heterocycles. The van der Waals surface area contributed by atoms with Crippen molar-refractivity contribution in [1.82, 2.24) is 5.32 Å². The standard InChI is InChI=1S/C13H28N2O/c1-4-6-7-12(5-2)13(16)15-10-11(3)8-9-14/h11-12H,4-10,14H2,1-3H3,(H,15,16). The number of amides is 1. The van der Waals surface area contributed by atoms with E-state index < -0.39 is 0 Å². The Kier molecular flexibility index (Phi) is 9.30. The van der Waals surface area contributed by atoms with E-state index in [2.05, 4.69) is 26.1 Å². The average Bonchev–Trinajstić information content (AvgIpc) is 2.28. The van der Waals surface area contributed by atoms with Crippen LogP contribution in [0.1, 0.15) is 52.9 Å². The van der Waals surface area contributed by atoms with Gasteiger partial charge < -0.3 is 11.1 Å². The minimum absolute atomic E-state index is 0.199. The van der Waals surface area contributed by atoms with Gasteiger partial charge in [-0.2, -0.15) is 0 Å². The largest absolute Gasteiger partial charge is 0.356 e. The molecule has 0 aliphatic carbocycles. The maximum absolute atomic E-state index is 11.8. The van der Waals surface area contributed by atoms with Gasteiger partial charge in [0.1, 0.15) is 0 Å². The molecule has 0 radical (unpaired) electrons. The van der Waals surface area contributed by atoms with Crippen LogP contribution in [0.5, 0.6) is 0 Å².